The SMILES string of the molecule is CCCCCCC(CCCC)COC(=O)C1CCCC1. The molecule has 1 rings (SSSR count). The molecular weight excluding hydrogens is 248 g/mol. The van der Waals surface area contributed by atoms with Crippen LogP contribution in [-0.2, 0) is 9.53 Å². The van der Waals surface area contributed by atoms with Gasteiger partial charge in [0.2, 0.25) is 0 Å². The topological polar surface area (TPSA) is 26.3 Å². The third-order valence-electron chi connectivity index (χ3n) is 4.58. The lowest BCUT2D eigenvalue weighted by Crippen LogP contribution is -2.19. The van der Waals surface area contributed by atoms with E-state index in [1.54, 1.807) is 0 Å². The van der Waals surface area contributed by atoms with E-state index in [-0.39, 0.29) is 11.9 Å². The number of esters is 1. The van der Waals surface area contributed by atoms with Gasteiger partial charge in [0, 0.05) is 0 Å². The minimum Gasteiger partial charge on any atom is -0.465 e. The van der Waals surface area contributed by atoms with Gasteiger partial charge in [-0.25, -0.2) is 0 Å². The Morgan fingerprint density at radius 2 is 1.65 bits per heavy atom. The molecule has 0 aromatic rings. The summed E-state index contributed by atoms with van der Waals surface area (Å²) in [4.78, 5) is 12.0. The Morgan fingerprint density at radius 1 is 1.00 bits per heavy atom. The Hall–Kier alpha value is -0.530. The summed E-state index contributed by atoms with van der Waals surface area (Å²) in [7, 11) is 0. The van der Waals surface area contributed by atoms with Gasteiger partial charge in [-0.1, -0.05) is 65.2 Å². The molecule has 0 aromatic heterocycles. The van der Waals surface area contributed by atoms with Crippen LogP contribution in [0.15, 0.2) is 0 Å². The second-order valence-electron chi connectivity index (χ2n) is 6.47. The lowest BCUT2D eigenvalue weighted by molar-refractivity contribution is -0.149. The second kappa shape index (κ2) is 11.2. The molecule has 0 aliphatic heterocycles. The van der Waals surface area contributed by atoms with Crippen LogP contribution in [0, 0.1) is 11.8 Å². The van der Waals surface area contributed by atoms with E-state index >= 15 is 0 Å². The van der Waals surface area contributed by atoms with Crippen molar-refractivity contribution in [3.63, 3.8) is 0 Å². The molecule has 1 fully saturated rings. The highest BCUT2D eigenvalue weighted by Gasteiger charge is 2.24. The van der Waals surface area contributed by atoms with Crippen LogP contribution < -0.4 is 0 Å². The maximum absolute atomic E-state index is 12.0. The van der Waals surface area contributed by atoms with Gasteiger partial charge >= 0.3 is 5.97 Å². The minimum absolute atomic E-state index is 0.0811. The Bertz CT molecular complexity index is 244. The maximum atomic E-state index is 12.0. The number of rotatable bonds is 11. The van der Waals surface area contributed by atoms with Crippen molar-refractivity contribution in [3.05, 3.63) is 0 Å². The average Bonchev–Trinajstić information content (AvgIpc) is 2.99. The summed E-state index contributed by atoms with van der Waals surface area (Å²) in [5, 5.41) is 0. The molecule has 1 aliphatic rings. The van der Waals surface area contributed by atoms with Crippen LogP contribution in [0.1, 0.15) is 90.9 Å². The van der Waals surface area contributed by atoms with Crippen molar-refractivity contribution in [2.45, 2.75) is 90.9 Å². The molecule has 0 N–H and O–H groups in total. The van der Waals surface area contributed by atoms with Gasteiger partial charge in [0.05, 0.1) is 12.5 Å². The molecule has 1 atom stereocenters. The van der Waals surface area contributed by atoms with Gasteiger partial charge in [-0.3, -0.25) is 4.79 Å². The maximum Gasteiger partial charge on any atom is 0.308 e. The number of ether oxygens (including phenoxy) is 1. The Labute approximate surface area is 125 Å². The fourth-order valence-corrected chi connectivity index (χ4v) is 3.14. The van der Waals surface area contributed by atoms with Gasteiger partial charge in [0.15, 0.2) is 0 Å². The summed E-state index contributed by atoms with van der Waals surface area (Å²) in [5.74, 6) is 0.886. The number of hydrogen-bond donors (Lipinski definition) is 0. The monoisotopic (exact) mass is 282 g/mol. The summed E-state index contributed by atoms with van der Waals surface area (Å²) >= 11 is 0. The summed E-state index contributed by atoms with van der Waals surface area (Å²) in [5.41, 5.74) is 0. The van der Waals surface area contributed by atoms with Gasteiger partial charge in [0.25, 0.3) is 0 Å². The molecule has 0 aromatic carbocycles. The normalized spacial score (nSPS) is 17.3. The molecule has 118 valence electrons. The fraction of sp³-hybridized carbons (Fsp3) is 0.944. The standard InChI is InChI=1S/C18H34O2/c1-3-5-7-8-12-16(11-6-4-2)15-20-18(19)17-13-9-10-14-17/h16-17H,3-15H2,1-2H3. The van der Waals surface area contributed by atoms with Gasteiger partial charge in [-0.15, -0.1) is 0 Å². The van der Waals surface area contributed by atoms with Crippen molar-refractivity contribution >= 4 is 5.97 Å². The molecule has 0 amide bonds. The predicted molar refractivity (Wildman–Crippen MR) is 84.7 cm³/mol. The molecule has 0 spiro atoms. The first-order valence-electron chi connectivity index (χ1n) is 8.94. The lowest BCUT2D eigenvalue weighted by Gasteiger charge is -2.18. The van der Waals surface area contributed by atoms with Crippen LogP contribution in [0.5, 0.6) is 0 Å². The van der Waals surface area contributed by atoms with E-state index in [0.717, 1.165) is 12.8 Å². The third kappa shape index (κ3) is 7.31. The van der Waals surface area contributed by atoms with Gasteiger partial charge in [0.1, 0.15) is 0 Å². The van der Waals surface area contributed by atoms with Gasteiger partial charge < -0.3 is 4.74 Å². The minimum atomic E-state index is 0.0811. The van der Waals surface area contributed by atoms with Crippen LogP contribution in [0.2, 0.25) is 0 Å². The van der Waals surface area contributed by atoms with Crippen LogP contribution >= 0.6 is 0 Å². The van der Waals surface area contributed by atoms with E-state index in [2.05, 4.69) is 13.8 Å². The highest BCUT2D eigenvalue weighted by Crippen LogP contribution is 2.26. The van der Waals surface area contributed by atoms with Crippen LogP contribution in [0.3, 0.4) is 0 Å². The van der Waals surface area contributed by atoms with Crippen molar-refractivity contribution in [1.29, 1.82) is 0 Å². The van der Waals surface area contributed by atoms with Gasteiger partial charge in [-0.05, 0) is 31.6 Å². The first-order valence-corrected chi connectivity index (χ1v) is 8.94. The van der Waals surface area contributed by atoms with E-state index in [9.17, 15) is 4.79 Å². The molecule has 1 unspecified atom stereocenters. The van der Waals surface area contributed by atoms with Crippen LogP contribution in [-0.4, -0.2) is 12.6 Å². The number of carbonyl (C=O) groups excluding carboxylic acids is 1. The predicted octanol–water partition coefficient (Wildman–Crippen LogP) is 5.50. The van der Waals surface area contributed by atoms with Crippen molar-refractivity contribution in [2.24, 2.45) is 11.8 Å². The summed E-state index contributed by atoms with van der Waals surface area (Å²) in [6, 6.07) is 0. The van der Waals surface area contributed by atoms with Crippen molar-refractivity contribution in [2.75, 3.05) is 6.61 Å². The zero-order chi connectivity index (χ0) is 14.6. The van der Waals surface area contributed by atoms with E-state index in [1.165, 1.54) is 64.2 Å². The highest BCUT2D eigenvalue weighted by atomic mass is 16.5. The molecule has 1 aliphatic carbocycles. The molecule has 0 saturated heterocycles. The largest absolute Gasteiger partial charge is 0.465 e. The number of unbranched alkanes of at least 4 members (excludes halogenated alkanes) is 4. The zero-order valence-corrected chi connectivity index (χ0v) is 13.7. The van der Waals surface area contributed by atoms with E-state index < -0.39 is 0 Å². The molecule has 2 nitrogen and oxygen atoms in total. The smallest absolute Gasteiger partial charge is 0.308 e. The quantitative estimate of drug-likeness (QED) is 0.369. The lowest BCUT2D eigenvalue weighted by atomic mass is 9.96. The second-order valence-corrected chi connectivity index (χ2v) is 6.47. The molecule has 0 bridgehead atoms. The Morgan fingerprint density at radius 3 is 2.30 bits per heavy atom. The highest BCUT2D eigenvalue weighted by molar-refractivity contribution is 5.72. The van der Waals surface area contributed by atoms with E-state index in [4.69, 9.17) is 4.74 Å². The third-order valence-corrected chi connectivity index (χ3v) is 4.58. The average molecular weight is 282 g/mol. The van der Waals surface area contributed by atoms with Crippen molar-refractivity contribution < 1.29 is 9.53 Å². The van der Waals surface area contributed by atoms with E-state index in [0.29, 0.717) is 12.5 Å². The fourth-order valence-electron chi connectivity index (χ4n) is 3.14. The number of hydrogen-bond acceptors (Lipinski definition) is 2. The zero-order valence-electron chi connectivity index (χ0n) is 13.7. The van der Waals surface area contributed by atoms with Crippen LogP contribution in [0.4, 0.5) is 0 Å². The van der Waals surface area contributed by atoms with Crippen molar-refractivity contribution in [1.82, 2.24) is 0 Å². The molecule has 0 heterocycles. The molecule has 2 heteroatoms. The summed E-state index contributed by atoms with van der Waals surface area (Å²) in [6.07, 6.45) is 14.7. The number of carbonyl (C=O) groups is 1. The molecular formula is C18H34O2. The van der Waals surface area contributed by atoms with Crippen molar-refractivity contribution in [3.8, 4) is 0 Å². The first kappa shape index (κ1) is 17.5. The Kier molecular flexibility index (Phi) is 9.78. The first-order chi connectivity index (χ1) is 9.77. The van der Waals surface area contributed by atoms with Crippen LogP contribution in [0.25, 0.3) is 0 Å². The van der Waals surface area contributed by atoms with E-state index in [1.807, 2.05) is 0 Å². The summed E-state index contributed by atoms with van der Waals surface area (Å²) < 4.78 is 5.60. The molecule has 20 heavy (non-hydrogen) atoms. The van der Waals surface area contributed by atoms with Gasteiger partial charge in [-0.2, -0.15) is 0 Å². The molecule has 0 radical (unpaired) electrons. The Balaban J connectivity index is 2.21. The summed E-state index contributed by atoms with van der Waals surface area (Å²) in [6.45, 7) is 5.15. The molecule has 1 saturated carbocycles.